The molecule has 6 rings (SSSR count). The van der Waals surface area contributed by atoms with E-state index < -0.39 is 5.54 Å². The Labute approximate surface area is 228 Å². The van der Waals surface area contributed by atoms with E-state index >= 15 is 0 Å². The molecule has 0 spiro atoms. The standard InChI is InChI=1S/C28H38FN9O/c1-5-22-30-20-8-6-7-9-21(20)38(22)27-32-25-24(26(33-27)36-14-16-39-17-15-36)31-23(34(25)4)18-35-10-12-37(13-11-35)28(2,3)19-29/h6-9H,5,10-19H2,1-4H3. The fraction of sp³-hybridized carbons (Fsp3) is 0.571. The maximum atomic E-state index is 13.5. The minimum atomic E-state index is -0.419. The molecule has 2 aliphatic rings. The smallest absolute Gasteiger partial charge is 0.239 e. The molecule has 0 amide bonds. The highest BCUT2D eigenvalue weighted by molar-refractivity contribution is 5.86. The number of ether oxygens (including phenoxy) is 1. The number of morpholine rings is 1. The molecule has 208 valence electrons. The first-order valence-electron chi connectivity index (χ1n) is 14.0. The third kappa shape index (κ3) is 4.76. The monoisotopic (exact) mass is 535 g/mol. The van der Waals surface area contributed by atoms with Crippen LogP contribution in [0.1, 0.15) is 32.4 Å². The Morgan fingerprint density at radius 3 is 2.38 bits per heavy atom. The van der Waals surface area contributed by atoms with Gasteiger partial charge in [0.05, 0.1) is 30.8 Å². The molecule has 0 saturated carbocycles. The zero-order valence-electron chi connectivity index (χ0n) is 23.4. The third-order valence-corrected chi connectivity index (χ3v) is 8.16. The summed E-state index contributed by atoms with van der Waals surface area (Å²) in [5.74, 6) is 3.34. The van der Waals surface area contributed by atoms with Crippen LogP contribution in [0.5, 0.6) is 0 Å². The highest BCUT2D eigenvalue weighted by Gasteiger charge is 2.31. The van der Waals surface area contributed by atoms with Crippen molar-refractivity contribution in [2.75, 3.05) is 64.1 Å². The first kappa shape index (κ1) is 26.1. The number of benzene rings is 1. The number of fused-ring (bicyclic) bond motifs is 2. The number of halogens is 1. The number of rotatable bonds is 7. The van der Waals surface area contributed by atoms with Crippen LogP contribution in [0.2, 0.25) is 0 Å². The number of alkyl halides is 1. The molecule has 4 aromatic rings. The Bertz CT molecular complexity index is 1460. The summed E-state index contributed by atoms with van der Waals surface area (Å²) < 4.78 is 23.4. The van der Waals surface area contributed by atoms with Crippen molar-refractivity contribution in [3.8, 4) is 5.95 Å². The predicted octanol–water partition coefficient (Wildman–Crippen LogP) is 2.97. The van der Waals surface area contributed by atoms with E-state index in [1.165, 1.54) is 0 Å². The second-order valence-electron chi connectivity index (χ2n) is 11.1. The summed E-state index contributed by atoms with van der Waals surface area (Å²) in [6.07, 6.45) is 0.769. The maximum Gasteiger partial charge on any atom is 0.239 e. The van der Waals surface area contributed by atoms with Crippen LogP contribution in [-0.2, 0) is 24.8 Å². The molecule has 0 N–H and O–H groups in total. The van der Waals surface area contributed by atoms with Crippen molar-refractivity contribution < 1.29 is 9.13 Å². The Balaban J connectivity index is 1.39. The van der Waals surface area contributed by atoms with E-state index in [0.717, 1.165) is 85.4 Å². The summed E-state index contributed by atoms with van der Waals surface area (Å²) in [7, 11) is 2.04. The SMILES string of the molecule is CCc1nc2ccccc2n1-c1nc(N2CCOCC2)c2nc(CN3CCN(C(C)(C)CF)CC3)n(C)c2n1. The minimum Gasteiger partial charge on any atom is -0.378 e. The summed E-state index contributed by atoms with van der Waals surface area (Å²) >= 11 is 0. The molecule has 1 aromatic carbocycles. The zero-order chi connectivity index (χ0) is 27.1. The summed E-state index contributed by atoms with van der Waals surface area (Å²) in [6.45, 7) is 12.7. The van der Waals surface area contributed by atoms with Crippen LogP contribution in [0.4, 0.5) is 10.2 Å². The van der Waals surface area contributed by atoms with Crippen molar-refractivity contribution in [1.29, 1.82) is 0 Å². The number of piperazine rings is 1. The molecule has 3 aromatic heterocycles. The molecule has 10 nitrogen and oxygen atoms in total. The quantitative estimate of drug-likeness (QED) is 0.357. The average molecular weight is 536 g/mol. The van der Waals surface area contributed by atoms with Gasteiger partial charge in [-0.05, 0) is 26.0 Å². The lowest BCUT2D eigenvalue weighted by atomic mass is 10.0. The van der Waals surface area contributed by atoms with E-state index in [4.69, 9.17) is 24.7 Å². The van der Waals surface area contributed by atoms with E-state index in [-0.39, 0.29) is 6.67 Å². The van der Waals surface area contributed by atoms with Gasteiger partial charge in [0.15, 0.2) is 17.0 Å². The second kappa shape index (κ2) is 10.4. The van der Waals surface area contributed by atoms with Crippen molar-refractivity contribution in [3.05, 3.63) is 35.9 Å². The van der Waals surface area contributed by atoms with Gasteiger partial charge in [-0.3, -0.25) is 14.4 Å². The maximum absolute atomic E-state index is 13.5. The van der Waals surface area contributed by atoms with Gasteiger partial charge in [-0.15, -0.1) is 0 Å². The highest BCUT2D eigenvalue weighted by atomic mass is 19.1. The predicted molar refractivity (Wildman–Crippen MR) is 150 cm³/mol. The van der Waals surface area contributed by atoms with Crippen LogP contribution >= 0.6 is 0 Å². The highest BCUT2D eigenvalue weighted by Crippen LogP contribution is 2.29. The van der Waals surface area contributed by atoms with Crippen molar-refractivity contribution in [1.82, 2.24) is 38.9 Å². The van der Waals surface area contributed by atoms with E-state index in [9.17, 15) is 4.39 Å². The largest absolute Gasteiger partial charge is 0.378 e. The molecule has 2 fully saturated rings. The number of anilines is 1. The van der Waals surface area contributed by atoms with Gasteiger partial charge in [0.25, 0.3) is 0 Å². The molecule has 5 heterocycles. The van der Waals surface area contributed by atoms with Crippen LogP contribution in [0, 0.1) is 0 Å². The minimum absolute atomic E-state index is 0.338. The van der Waals surface area contributed by atoms with Crippen molar-refractivity contribution in [3.63, 3.8) is 0 Å². The van der Waals surface area contributed by atoms with Gasteiger partial charge in [-0.1, -0.05) is 19.1 Å². The van der Waals surface area contributed by atoms with E-state index in [1.807, 2.05) is 39.1 Å². The molecular weight excluding hydrogens is 497 g/mol. The van der Waals surface area contributed by atoms with Crippen LogP contribution < -0.4 is 4.90 Å². The number of imidazole rings is 2. The lowest BCUT2D eigenvalue weighted by Crippen LogP contribution is -2.55. The lowest BCUT2D eigenvalue weighted by Gasteiger charge is -2.42. The van der Waals surface area contributed by atoms with Gasteiger partial charge in [0, 0.05) is 58.3 Å². The van der Waals surface area contributed by atoms with Gasteiger partial charge >= 0.3 is 0 Å². The molecule has 0 aliphatic carbocycles. The Kier molecular flexibility index (Phi) is 6.98. The van der Waals surface area contributed by atoms with E-state index in [0.29, 0.717) is 25.7 Å². The van der Waals surface area contributed by atoms with Crippen molar-refractivity contribution >= 4 is 28.0 Å². The third-order valence-electron chi connectivity index (χ3n) is 8.16. The molecule has 0 radical (unpaired) electrons. The first-order valence-corrected chi connectivity index (χ1v) is 14.0. The van der Waals surface area contributed by atoms with Gasteiger partial charge in [-0.25, -0.2) is 14.4 Å². The van der Waals surface area contributed by atoms with Crippen LogP contribution in [0.3, 0.4) is 0 Å². The Hall–Kier alpha value is -3.15. The summed E-state index contributed by atoms with van der Waals surface area (Å²) in [6, 6.07) is 8.14. The second-order valence-corrected chi connectivity index (χ2v) is 11.1. The number of hydrogen-bond donors (Lipinski definition) is 0. The molecule has 11 heteroatoms. The van der Waals surface area contributed by atoms with Gasteiger partial charge < -0.3 is 14.2 Å². The van der Waals surface area contributed by atoms with Crippen LogP contribution in [0.15, 0.2) is 24.3 Å². The van der Waals surface area contributed by atoms with E-state index in [1.54, 1.807) is 0 Å². The molecule has 0 unspecified atom stereocenters. The van der Waals surface area contributed by atoms with Gasteiger partial charge in [0.1, 0.15) is 18.3 Å². The van der Waals surface area contributed by atoms with E-state index in [2.05, 4.69) is 36.8 Å². The van der Waals surface area contributed by atoms with Gasteiger partial charge in [-0.2, -0.15) is 9.97 Å². The topological polar surface area (TPSA) is 80.4 Å². The number of hydrogen-bond acceptors (Lipinski definition) is 8. The molecule has 2 saturated heterocycles. The number of nitrogens with zero attached hydrogens (tertiary/aromatic N) is 9. The number of aromatic nitrogens is 6. The fourth-order valence-electron chi connectivity index (χ4n) is 5.65. The molecular formula is C28H38FN9O. The van der Waals surface area contributed by atoms with Crippen LogP contribution in [-0.4, -0.2) is 104 Å². The Morgan fingerprint density at radius 2 is 1.67 bits per heavy atom. The number of aryl methyl sites for hydroxylation is 2. The normalized spacial score (nSPS) is 18.0. The lowest BCUT2D eigenvalue weighted by molar-refractivity contribution is 0.0340. The number of para-hydroxylation sites is 2. The molecule has 39 heavy (non-hydrogen) atoms. The first-order chi connectivity index (χ1) is 18.9. The van der Waals surface area contributed by atoms with Gasteiger partial charge in [0.2, 0.25) is 5.95 Å². The van der Waals surface area contributed by atoms with Crippen molar-refractivity contribution in [2.45, 2.75) is 39.3 Å². The molecule has 0 atom stereocenters. The molecule has 0 bridgehead atoms. The zero-order valence-corrected chi connectivity index (χ0v) is 23.4. The van der Waals surface area contributed by atoms with Crippen molar-refractivity contribution in [2.24, 2.45) is 7.05 Å². The summed E-state index contributed by atoms with van der Waals surface area (Å²) in [5.41, 5.74) is 3.15. The molecule has 2 aliphatic heterocycles. The van der Waals surface area contributed by atoms with Crippen LogP contribution in [0.25, 0.3) is 28.1 Å². The fourth-order valence-corrected chi connectivity index (χ4v) is 5.65. The Morgan fingerprint density at radius 1 is 0.923 bits per heavy atom. The summed E-state index contributed by atoms with van der Waals surface area (Å²) in [5, 5.41) is 0. The summed E-state index contributed by atoms with van der Waals surface area (Å²) in [4.78, 5) is 27.1. The average Bonchev–Trinajstić information content (AvgIpc) is 3.50.